The van der Waals surface area contributed by atoms with Gasteiger partial charge < -0.3 is 5.32 Å². The lowest BCUT2D eigenvalue weighted by atomic mass is 10.1. The van der Waals surface area contributed by atoms with Gasteiger partial charge >= 0.3 is 6.18 Å². The van der Waals surface area contributed by atoms with Gasteiger partial charge in [0.05, 0.1) is 5.56 Å². The Hall–Kier alpha value is -1.39. The van der Waals surface area contributed by atoms with Crippen LogP contribution in [0.4, 0.5) is 18.9 Å². The van der Waals surface area contributed by atoms with Crippen LogP contribution in [-0.4, -0.2) is 0 Å². The van der Waals surface area contributed by atoms with Crippen LogP contribution in [0.25, 0.3) is 0 Å². The van der Waals surface area contributed by atoms with Gasteiger partial charge in [-0.15, -0.1) is 0 Å². The van der Waals surface area contributed by atoms with Gasteiger partial charge in [0.25, 0.3) is 0 Å². The molecule has 0 spiro atoms. The maximum Gasteiger partial charge on any atom is 0.416 e. The van der Waals surface area contributed by atoms with Crippen LogP contribution in [0.15, 0.2) is 36.4 Å². The van der Waals surface area contributed by atoms with Crippen molar-refractivity contribution in [1.29, 1.82) is 0 Å². The molecule has 0 aromatic heterocycles. The van der Waals surface area contributed by atoms with Crippen LogP contribution in [-0.2, 0) is 12.7 Å². The zero-order valence-electron chi connectivity index (χ0n) is 11.1. The third kappa shape index (κ3) is 4.29. The Bertz CT molecular complexity index is 654. The summed E-state index contributed by atoms with van der Waals surface area (Å²) in [5.41, 5.74) is 1.47. The zero-order chi connectivity index (χ0) is 15.6. The fourth-order valence-electron chi connectivity index (χ4n) is 1.91. The van der Waals surface area contributed by atoms with Gasteiger partial charge in [-0.2, -0.15) is 13.2 Å². The van der Waals surface area contributed by atoms with Crippen molar-refractivity contribution in [1.82, 2.24) is 0 Å². The molecule has 0 radical (unpaired) electrons. The van der Waals surface area contributed by atoms with E-state index in [-0.39, 0.29) is 5.02 Å². The summed E-state index contributed by atoms with van der Waals surface area (Å²) in [6, 6.07) is 8.78. The van der Waals surface area contributed by atoms with Gasteiger partial charge in [-0.05, 0) is 48.4 Å². The van der Waals surface area contributed by atoms with E-state index < -0.39 is 11.7 Å². The van der Waals surface area contributed by atoms with E-state index in [4.69, 9.17) is 23.2 Å². The van der Waals surface area contributed by atoms with Crippen LogP contribution in [0.1, 0.15) is 16.7 Å². The van der Waals surface area contributed by atoms with Crippen LogP contribution >= 0.6 is 23.2 Å². The molecular weight excluding hydrogens is 322 g/mol. The van der Waals surface area contributed by atoms with Crippen molar-refractivity contribution in [2.45, 2.75) is 19.6 Å². The van der Waals surface area contributed by atoms with Crippen LogP contribution in [0.5, 0.6) is 0 Å². The molecular formula is C15H12Cl2F3N. The van der Waals surface area contributed by atoms with Crippen molar-refractivity contribution in [2.24, 2.45) is 0 Å². The predicted molar refractivity (Wildman–Crippen MR) is 80.0 cm³/mol. The van der Waals surface area contributed by atoms with Crippen molar-refractivity contribution in [2.75, 3.05) is 5.32 Å². The largest absolute Gasteiger partial charge is 0.416 e. The Morgan fingerprint density at radius 3 is 2.33 bits per heavy atom. The molecule has 6 heteroatoms. The van der Waals surface area contributed by atoms with E-state index in [9.17, 15) is 13.2 Å². The Kier molecular flexibility index (Phi) is 4.69. The van der Waals surface area contributed by atoms with Gasteiger partial charge in [0, 0.05) is 22.3 Å². The van der Waals surface area contributed by atoms with Gasteiger partial charge in [-0.25, -0.2) is 0 Å². The third-order valence-corrected chi connectivity index (χ3v) is 3.47. The average Bonchev–Trinajstić information content (AvgIpc) is 2.36. The summed E-state index contributed by atoms with van der Waals surface area (Å²) < 4.78 is 38.2. The van der Waals surface area contributed by atoms with Gasteiger partial charge in [-0.3, -0.25) is 0 Å². The molecule has 21 heavy (non-hydrogen) atoms. The molecule has 112 valence electrons. The molecule has 2 rings (SSSR count). The molecule has 0 aliphatic heterocycles. The van der Waals surface area contributed by atoms with Crippen molar-refractivity contribution in [3.05, 3.63) is 63.1 Å². The van der Waals surface area contributed by atoms with Crippen LogP contribution in [0.3, 0.4) is 0 Å². The number of hydrogen-bond acceptors (Lipinski definition) is 1. The zero-order valence-corrected chi connectivity index (χ0v) is 12.6. The number of nitrogens with one attached hydrogen (secondary N) is 1. The van der Waals surface area contributed by atoms with E-state index in [1.807, 2.05) is 13.0 Å². The van der Waals surface area contributed by atoms with Crippen molar-refractivity contribution in [3.63, 3.8) is 0 Å². The molecule has 0 heterocycles. The minimum absolute atomic E-state index is 0.0418. The van der Waals surface area contributed by atoms with E-state index in [0.29, 0.717) is 17.3 Å². The second kappa shape index (κ2) is 6.16. The summed E-state index contributed by atoms with van der Waals surface area (Å²) in [4.78, 5) is 0. The maximum atomic E-state index is 12.7. The highest BCUT2D eigenvalue weighted by atomic mass is 35.5. The van der Waals surface area contributed by atoms with Gasteiger partial charge in [-0.1, -0.05) is 29.3 Å². The molecule has 0 aliphatic carbocycles. The van der Waals surface area contributed by atoms with E-state index in [2.05, 4.69) is 5.32 Å². The van der Waals surface area contributed by atoms with E-state index in [1.165, 1.54) is 6.07 Å². The molecule has 0 saturated heterocycles. The Morgan fingerprint density at radius 1 is 1.00 bits per heavy atom. The number of anilines is 1. The average molecular weight is 334 g/mol. The predicted octanol–water partition coefficient (Wildman–Crippen LogP) is 5.93. The molecule has 1 nitrogen and oxygen atoms in total. The number of aryl methyl sites for hydroxylation is 1. The summed E-state index contributed by atoms with van der Waals surface area (Å²) in [6.07, 6.45) is -4.42. The Labute approximate surface area is 130 Å². The quantitative estimate of drug-likeness (QED) is 0.733. The molecule has 0 bridgehead atoms. The monoisotopic (exact) mass is 333 g/mol. The molecule has 0 atom stereocenters. The highest BCUT2D eigenvalue weighted by Crippen LogP contribution is 2.33. The summed E-state index contributed by atoms with van der Waals surface area (Å²) in [5, 5.41) is 3.61. The Morgan fingerprint density at radius 2 is 1.71 bits per heavy atom. The summed E-state index contributed by atoms with van der Waals surface area (Å²) in [7, 11) is 0. The van der Waals surface area contributed by atoms with E-state index in [1.54, 1.807) is 12.1 Å². The standard InChI is InChI=1S/C15H12Cl2F3N/c1-9-4-12(16)3-2-10(9)8-21-14-6-11(15(18,19)20)5-13(17)7-14/h2-7,21H,8H2,1H3. The lowest BCUT2D eigenvalue weighted by molar-refractivity contribution is -0.137. The van der Waals surface area contributed by atoms with Gasteiger partial charge in [0.2, 0.25) is 0 Å². The molecule has 2 aromatic rings. The van der Waals surface area contributed by atoms with Crippen LogP contribution in [0, 0.1) is 6.92 Å². The molecule has 0 amide bonds. The van der Waals surface area contributed by atoms with Crippen molar-refractivity contribution >= 4 is 28.9 Å². The molecule has 1 N–H and O–H groups in total. The molecule has 2 aromatic carbocycles. The highest BCUT2D eigenvalue weighted by molar-refractivity contribution is 6.31. The summed E-state index contributed by atoms with van der Waals surface area (Å²) in [6.45, 7) is 2.28. The maximum absolute atomic E-state index is 12.7. The second-order valence-corrected chi connectivity index (χ2v) is 5.52. The van der Waals surface area contributed by atoms with Crippen LogP contribution in [0.2, 0.25) is 10.0 Å². The Balaban J connectivity index is 2.18. The highest BCUT2D eigenvalue weighted by Gasteiger charge is 2.31. The SMILES string of the molecule is Cc1cc(Cl)ccc1CNc1cc(Cl)cc(C(F)(F)F)c1. The molecule has 0 fully saturated rings. The van der Waals surface area contributed by atoms with Crippen molar-refractivity contribution < 1.29 is 13.2 Å². The van der Waals surface area contributed by atoms with E-state index in [0.717, 1.165) is 23.3 Å². The molecule has 0 saturated carbocycles. The number of halogens is 5. The first kappa shape index (κ1) is 16.0. The fourth-order valence-corrected chi connectivity index (χ4v) is 2.37. The molecule has 0 aliphatic rings. The number of hydrogen-bond donors (Lipinski definition) is 1. The molecule has 0 unspecified atom stereocenters. The van der Waals surface area contributed by atoms with Crippen molar-refractivity contribution in [3.8, 4) is 0 Å². The first-order chi connectivity index (χ1) is 9.75. The number of benzene rings is 2. The minimum Gasteiger partial charge on any atom is -0.381 e. The lowest BCUT2D eigenvalue weighted by Gasteiger charge is -2.13. The number of rotatable bonds is 3. The fraction of sp³-hybridized carbons (Fsp3) is 0.200. The van der Waals surface area contributed by atoms with Crippen LogP contribution < -0.4 is 5.32 Å². The minimum atomic E-state index is -4.42. The van der Waals surface area contributed by atoms with Gasteiger partial charge in [0.1, 0.15) is 0 Å². The topological polar surface area (TPSA) is 12.0 Å². The smallest absolute Gasteiger partial charge is 0.381 e. The summed E-state index contributed by atoms with van der Waals surface area (Å²) >= 11 is 11.6. The second-order valence-electron chi connectivity index (χ2n) is 4.65. The first-order valence-corrected chi connectivity index (χ1v) is 6.88. The summed E-state index contributed by atoms with van der Waals surface area (Å²) in [5.74, 6) is 0. The first-order valence-electron chi connectivity index (χ1n) is 6.12. The van der Waals surface area contributed by atoms with Gasteiger partial charge in [0.15, 0.2) is 0 Å². The van der Waals surface area contributed by atoms with E-state index >= 15 is 0 Å². The third-order valence-electron chi connectivity index (χ3n) is 3.01. The lowest BCUT2D eigenvalue weighted by Crippen LogP contribution is -2.07. The number of alkyl halides is 3. The normalized spacial score (nSPS) is 11.5.